The number of urea groups is 1. The molecular weight excluding hydrogens is 463 g/mol. The van der Waals surface area contributed by atoms with Crippen LogP contribution in [-0.4, -0.2) is 60.5 Å². The highest BCUT2D eigenvalue weighted by atomic mass is 19.4. The summed E-state index contributed by atoms with van der Waals surface area (Å²) in [5.41, 5.74) is -1.52. The van der Waals surface area contributed by atoms with Gasteiger partial charge in [0.25, 0.3) is 5.91 Å². The van der Waals surface area contributed by atoms with E-state index in [0.29, 0.717) is 18.2 Å². The molecule has 1 aliphatic carbocycles. The highest BCUT2D eigenvalue weighted by Crippen LogP contribution is 2.32. The van der Waals surface area contributed by atoms with Crippen LogP contribution >= 0.6 is 0 Å². The first kappa shape index (κ1) is 28.4. The minimum absolute atomic E-state index is 0.0123. The lowest BCUT2D eigenvalue weighted by molar-refractivity contribution is -0.137. The Kier molecular flexibility index (Phi) is 9.93. The number of anilines is 1. The van der Waals surface area contributed by atoms with E-state index >= 15 is 0 Å². The Balaban J connectivity index is 1.99. The Bertz CT molecular complexity index is 897. The summed E-state index contributed by atoms with van der Waals surface area (Å²) in [6, 6.07) is 2.46. The van der Waals surface area contributed by atoms with E-state index in [-0.39, 0.29) is 23.3 Å². The van der Waals surface area contributed by atoms with Gasteiger partial charge in [0.05, 0.1) is 23.4 Å². The van der Waals surface area contributed by atoms with Gasteiger partial charge in [-0.3, -0.25) is 9.59 Å². The molecule has 8 nitrogen and oxygen atoms in total. The van der Waals surface area contributed by atoms with E-state index in [4.69, 9.17) is 0 Å². The summed E-state index contributed by atoms with van der Waals surface area (Å²) < 4.78 is 39.6. The maximum Gasteiger partial charge on any atom is 0.416 e. The minimum atomic E-state index is -4.67. The van der Waals surface area contributed by atoms with E-state index in [1.807, 2.05) is 0 Å². The smallest absolute Gasteiger partial charge is 0.352 e. The molecule has 4 amide bonds. The van der Waals surface area contributed by atoms with E-state index in [1.54, 1.807) is 13.8 Å². The van der Waals surface area contributed by atoms with Crippen molar-refractivity contribution in [2.75, 3.05) is 18.9 Å². The van der Waals surface area contributed by atoms with E-state index in [1.165, 1.54) is 0 Å². The van der Waals surface area contributed by atoms with Gasteiger partial charge in [0.15, 0.2) is 0 Å². The van der Waals surface area contributed by atoms with Crippen LogP contribution in [0.3, 0.4) is 0 Å². The number of carbonyl (C=O) groups excluding carboxylic acids is 3. The van der Waals surface area contributed by atoms with Gasteiger partial charge >= 0.3 is 12.2 Å². The standard InChI is InChI=1S/C24H36F3N5O3/c1-14(2)29-23(35)31-20-11-6-16(24(25,26)27)12-19(20)22(34)28-13-21(33)30-17-7-9-18(10-8-17)32(5)15(3)4/h6,11-12,14-15,17-18H,7-10,13H2,1-5H3,(H,28,34)(H,30,33)(H2,29,31,35). The van der Waals surface area contributed by atoms with Crippen molar-refractivity contribution in [1.82, 2.24) is 20.9 Å². The molecule has 11 heteroatoms. The van der Waals surface area contributed by atoms with Gasteiger partial charge in [-0.1, -0.05) is 0 Å². The molecule has 1 aromatic rings. The van der Waals surface area contributed by atoms with Crippen molar-refractivity contribution in [1.29, 1.82) is 0 Å². The molecule has 1 aromatic carbocycles. The van der Waals surface area contributed by atoms with Crippen LogP contribution in [-0.2, 0) is 11.0 Å². The van der Waals surface area contributed by atoms with Crippen LogP contribution < -0.4 is 21.3 Å². The molecule has 1 saturated carbocycles. The third-order valence-corrected chi connectivity index (χ3v) is 6.12. The Morgan fingerprint density at radius 3 is 2.23 bits per heavy atom. The zero-order chi connectivity index (χ0) is 26.3. The number of carbonyl (C=O) groups is 3. The minimum Gasteiger partial charge on any atom is -0.352 e. The highest BCUT2D eigenvalue weighted by Gasteiger charge is 2.32. The fourth-order valence-corrected chi connectivity index (χ4v) is 4.02. The fraction of sp³-hybridized carbons (Fsp3) is 0.625. The second-order valence-corrected chi connectivity index (χ2v) is 9.53. The van der Waals surface area contributed by atoms with Gasteiger partial charge in [-0.15, -0.1) is 0 Å². The lowest BCUT2D eigenvalue weighted by Gasteiger charge is -2.37. The summed E-state index contributed by atoms with van der Waals surface area (Å²) in [4.78, 5) is 39.4. The topological polar surface area (TPSA) is 103 Å². The van der Waals surface area contributed by atoms with Gasteiger partial charge in [0.2, 0.25) is 5.91 Å². The van der Waals surface area contributed by atoms with Crippen LogP contribution in [0.4, 0.5) is 23.7 Å². The average molecular weight is 500 g/mol. The zero-order valence-corrected chi connectivity index (χ0v) is 20.9. The van der Waals surface area contributed by atoms with Crippen molar-refractivity contribution in [3.8, 4) is 0 Å². The van der Waals surface area contributed by atoms with Crippen molar-refractivity contribution in [2.24, 2.45) is 0 Å². The predicted molar refractivity (Wildman–Crippen MR) is 128 cm³/mol. The summed E-state index contributed by atoms with van der Waals surface area (Å²) in [6.07, 6.45) is -1.15. The number of nitrogens with one attached hydrogen (secondary N) is 4. The number of amides is 4. The first-order valence-electron chi connectivity index (χ1n) is 11.9. The van der Waals surface area contributed by atoms with Crippen LogP contribution in [0.15, 0.2) is 18.2 Å². The molecule has 196 valence electrons. The van der Waals surface area contributed by atoms with Gasteiger partial charge < -0.3 is 26.2 Å². The van der Waals surface area contributed by atoms with E-state index < -0.39 is 36.1 Å². The van der Waals surface area contributed by atoms with Crippen LogP contribution in [0.2, 0.25) is 0 Å². The first-order chi connectivity index (χ1) is 16.3. The Labute approximate surface area is 204 Å². The maximum absolute atomic E-state index is 13.2. The molecule has 1 fully saturated rings. The fourth-order valence-electron chi connectivity index (χ4n) is 4.02. The van der Waals surface area contributed by atoms with Gasteiger partial charge in [-0.25, -0.2) is 4.79 Å². The molecule has 0 unspecified atom stereocenters. The molecule has 4 N–H and O–H groups in total. The maximum atomic E-state index is 13.2. The number of hydrogen-bond donors (Lipinski definition) is 4. The van der Waals surface area contributed by atoms with Crippen molar-refractivity contribution in [3.63, 3.8) is 0 Å². The molecule has 2 rings (SSSR count). The second kappa shape index (κ2) is 12.2. The average Bonchev–Trinajstić information content (AvgIpc) is 2.76. The number of hydrogen-bond acceptors (Lipinski definition) is 4. The largest absolute Gasteiger partial charge is 0.416 e. The molecule has 0 aromatic heterocycles. The van der Waals surface area contributed by atoms with Crippen molar-refractivity contribution in [3.05, 3.63) is 29.3 Å². The summed E-state index contributed by atoms with van der Waals surface area (Å²) in [7, 11) is 2.09. The molecule has 1 aliphatic rings. The van der Waals surface area contributed by atoms with E-state index in [0.717, 1.165) is 37.8 Å². The molecule has 0 heterocycles. The monoisotopic (exact) mass is 499 g/mol. The molecule has 0 radical (unpaired) electrons. The lowest BCUT2D eigenvalue weighted by Crippen LogP contribution is -2.47. The third kappa shape index (κ3) is 8.72. The zero-order valence-electron chi connectivity index (χ0n) is 20.9. The van der Waals surface area contributed by atoms with Crippen molar-refractivity contribution in [2.45, 2.75) is 83.7 Å². The van der Waals surface area contributed by atoms with E-state index in [2.05, 4.69) is 47.1 Å². The normalized spacial score (nSPS) is 18.5. The van der Waals surface area contributed by atoms with Crippen LogP contribution in [0.1, 0.15) is 69.3 Å². The van der Waals surface area contributed by atoms with Crippen LogP contribution in [0.5, 0.6) is 0 Å². The SMILES string of the molecule is CC(C)NC(=O)Nc1ccc(C(F)(F)F)cc1C(=O)NCC(=O)NC1CCC(N(C)C(C)C)CC1. The number of benzene rings is 1. The third-order valence-electron chi connectivity index (χ3n) is 6.12. The summed E-state index contributed by atoms with van der Waals surface area (Å²) in [6.45, 7) is 7.32. The van der Waals surface area contributed by atoms with Crippen LogP contribution in [0, 0.1) is 0 Å². The van der Waals surface area contributed by atoms with Crippen molar-refractivity contribution < 1.29 is 27.6 Å². The number of halogens is 3. The highest BCUT2D eigenvalue weighted by molar-refractivity contribution is 6.04. The molecular formula is C24H36F3N5O3. The summed E-state index contributed by atoms with van der Waals surface area (Å²) in [5, 5.41) is 10.2. The Morgan fingerprint density at radius 1 is 1.06 bits per heavy atom. The molecule has 0 saturated heterocycles. The number of rotatable bonds is 8. The van der Waals surface area contributed by atoms with Gasteiger partial charge in [0, 0.05) is 24.2 Å². The predicted octanol–water partition coefficient (Wildman–Crippen LogP) is 3.73. The van der Waals surface area contributed by atoms with Gasteiger partial charge in [0.1, 0.15) is 0 Å². The first-order valence-corrected chi connectivity index (χ1v) is 11.9. The summed E-state index contributed by atoms with van der Waals surface area (Å²) in [5.74, 6) is -1.31. The number of alkyl halides is 3. The second-order valence-electron chi connectivity index (χ2n) is 9.53. The van der Waals surface area contributed by atoms with Crippen molar-refractivity contribution >= 4 is 23.5 Å². The summed E-state index contributed by atoms with van der Waals surface area (Å²) >= 11 is 0. The molecule has 0 spiro atoms. The molecule has 0 bridgehead atoms. The van der Waals surface area contributed by atoms with Crippen LogP contribution in [0.25, 0.3) is 0 Å². The molecule has 0 aliphatic heterocycles. The number of nitrogens with zero attached hydrogens (tertiary/aromatic N) is 1. The van der Waals surface area contributed by atoms with E-state index in [9.17, 15) is 27.6 Å². The molecule has 35 heavy (non-hydrogen) atoms. The van der Waals surface area contributed by atoms with Gasteiger partial charge in [-0.05, 0) is 78.6 Å². The quantitative estimate of drug-likeness (QED) is 0.438. The Morgan fingerprint density at radius 2 is 1.69 bits per heavy atom. The molecule has 0 atom stereocenters. The lowest BCUT2D eigenvalue weighted by atomic mass is 9.90. The van der Waals surface area contributed by atoms with Gasteiger partial charge in [-0.2, -0.15) is 13.2 Å². The Hall–Kier alpha value is -2.82.